The van der Waals surface area contributed by atoms with Crippen molar-refractivity contribution in [3.05, 3.63) is 32.9 Å². The molecule has 2 heterocycles. The predicted octanol–water partition coefficient (Wildman–Crippen LogP) is 3.46. The van der Waals surface area contributed by atoms with Gasteiger partial charge >= 0.3 is 5.97 Å². The van der Waals surface area contributed by atoms with E-state index in [9.17, 15) is 14.4 Å². The van der Waals surface area contributed by atoms with Crippen molar-refractivity contribution in [1.29, 1.82) is 0 Å². The molecular formula is C15H14ClN3O4S2. The van der Waals surface area contributed by atoms with Gasteiger partial charge in [0.25, 0.3) is 5.91 Å². The first kappa shape index (κ1) is 19.4. The molecule has 132 valence electrons. The van der Waals surface area contributed by atoms with Gasteiger partial charge in [-0.3, -0.25) is 9.59 Å². The zero-order chi connectivity index (χ0) is 18.7. The van der Waals surface area contributed by atoms with E-state index in [-0.39, 0.29) is 27.1 Å². The third kappa shape index (κ3) is 4.00. The number of amides is 1. The lowest BCUT2D eigenvalue weighted by atomic mass is 10.1. The minimum atomic E-state index is -0.643. The van der Waals surface area contributed by atoms with Crippen LogP contribution < -0.4 is 5.32 Å². The number of Topliss-reactive ketones (excluding diaryl/α,β-unsaturated/α-hetero) is 1. The van der Waals surface area contributed by atoms with Crippen LogP contribution in [-0.4, -0.2) is 41.0 Å². The number of hydrogen-bond acceptors (Lipinski definition) is 8. The van der Waals surface area contributed by atoms with Gasteiger partial charge in [-0.1, -0.05) is 23.4 Å². The van der Waals surface area contributed by atoms with Crippen molar-refractivity contribution < 1.29 is 19.1 Å². The Bertz CT molecular complexity index is 867. The van der Waals surface area contributed by atoms with E-state index in [2.05, 4.69) is 15.3 Å². The average Bonchev–Trinajstić information content (AvgIpc) is 2.91. The van der Waals surface area contributed by atoms with E-state index in [0.29, 0.717) is 15.6 Å². The summed E-state index contributed by atoms with van der Waals surface area (Å²) in [5.74, 6) is -1.46. The molecule has 0 unspecified atom stereocenters. The van der Waals surface area contributed by atoms with Crippen LogP contribution in [0.15, 0.2) is 11.4 Å². The van der Waals surface area contributed by atoms with Crippen LogP contribution in [0.2, 0.25) is 5.02 Å². The lowest BCUT2D eigenvalue weighted by Crippen LogP contribution is -2.16. The van der Waals surface area contributed by atoms with Gasteiger partial charge in [0.2, 0.25) is 0 Å². The summed E-state index contributed by atoms with van der Waals surface area (Å²) in [7, 11) is 1.23. The van der Waals surface area contributed by atoms with Crippen LogP contribution in [0.3, 0.4) is 0 Å². The molecule has 2 aromatic heterocycles. The highest BCUT2D eigenvalue weighted by atomic mass is 35.5. The number of nitrogens with one attached hydrogen (secondary N) is 1. The highest BCUT2D eigenvalue weighted by Gasteiger charge is 2.26. The van der Waals surface area contributed by atoms with Gasteiger partial charge in [-0.2, -0.15) is 0 Å². The Balaban J connectivity index is 2.46. The van der Waals surface area contributed by atoms with E-state index >= 15 is 0 Å². The van der Waals surface area contributed by atoms with Gasteiger partial charge < -0.3 is 10.1 Å². The van der Waals surface area contributed by atoms with Gasteiger partial charge in [0.15, 0.2) is 16.6 Å². The smallest absolute Gasteiger partial charge is 0.341 e. The van der Waals surface area contributed by atoms with Crippen molar-refractivity contribution in [2.45, 2.75) is 19.0 Å². The number of ether oxygens (including phenoxy) is 1. The molecule has 0 radical (unpaired) electrons. The number of anilines is 1. The Morgan fingerprint density at radius 1 is 1.36 bits per heavy atom. The second kappa shape index (κ2) is 7.94. The largest absolute Gasteiger partial charge is 0.465 e. The van der Waals surface area contributed by atoms with E-state index < -0.39 is 11.9 Å². The van der Waals surface area contributed by atoms with E-state index in [4.69, 9.17) is 16.3 Å². The van der Waals surface area contributed by atoms with Crippen LogP contribution in [-0.2, 0) is 4.74 Å². The van der Waals surface area contributed by atoms with Crippen LogP contribution >= 0.6 is 34.7 Å². The number of esters is 1. The molecule has 0 saturated heterocycles. The number of halogens is 1. The average molecular weight is 400 g/mol. The Hall–Kier alpha value is -1.97. The molecule has 0 bridgehead atoms. The summed E-state index contributed by atoms with van der Waals surface area (Å²) in [6.07, 6.45) is 3.10. The lowest BCUT2D eigenvalue weighted by molar-refractivity contribution is 0.0601. The van der Waals surface area contributed by atoms with Gasteiger partial charge in [0, 0.05) is 0 Å². The zero-order valence-corrected chi connectivity index (χ0v) is 16.2. The van der Waals surface area contributed by atoms with E-state index in [1.165, 1.54) is 32.0 Å². The first-order valence-corrected chi connectivity index (χ1v) is 9.32. The Morgan fingerprint density at radius 3 is 2.60 bits per heavy atom. The van der Waals surface area contributed by atoms with Crippen LogP contribution in [0.1, 0.15) is 43.0 Å². The molecule has 1 amide bonds. The van der Waals surface area contributed by atoms with Crippen LogP contribution in [0.25, 0.3) is 0 Å². The highest BCUT2D eigenvalue weighted by Crippen LogP contribution is 2.34. The normalized spacial score (nSPS) is 10.4. The van der Waals surface area contributed by atoms with Gasteiger partial charge in [0.05, 0.1) is 28.8 Å². The highest BCUT2D eigenvalue weighted by molar-refractivity contribution is 7.98. The summed E-state index contributed by atoms with van der Waals surface area (Å²) < 4.78 is 4.75. The first-order chi connectivity index (χ1) is 11.8. The van der Waals surface area contributed by atoms with Crippen LogP contribution in [0, 0.1) is 6.92 Å². The number of carbonyl (C=O) groups excluding carboxylic acids is 3. The summed E-state index contributed by atoms with van der Waals surface area (Å²) >= 11 is 8.26. The van der Waals surface area contributed by atoms with Gasteiger partial charge in [0.1, 0.15) is 5.00 Å². The number of hydrogen-bond donors (Lipinski definition) is 1. The second-order valence-electron chi connectivity index (χ2n) is 4.82. The number of rotatable bonds is 5. The summed E-state index contributed by atoms with van der Waals surface area (Å²) in [6, 6.07) is 0. The number of aromatic nitrogens is 2. The van der Waals surface area contributed by atoms with Crippen molar-refractivity contribution in [1.82, 2.24) is 9.97 Å². The number of ketones is 1. The second-order valence-corrected chi connectivity index (χ2v) is 7.02. The summed E-state index contributed by atoms with van der Waals surface area (Å²) in [5.41, 5.74) is 0.576. The van der Waals surface area contributed by atoms with Crippen molar-refractivity contribution in [3.8, 4) is 0 Å². The fraction of sp³-hybridized carbons (Fsp3) is 0.267. The zero-order valence-electron chi connectivity index (χ0n) is 13.8. The number of methoxy groups -OCH3 is 1. The fourth-order valence-electron chi connectivity index (χ4n) is 2.06. The summed E-state index contributed by atoms with van der Waals surface area (Å²) in [6.45, 7) is 3.01. The van der Waals surface area contributed by atoms with E-state index in [1.54, 1.807) is 13.2 Å². The third-order valence-electron chi connectivity index (χ3n) is 3.20. The summed E-state index contributed by atoms with van der Waals surface area (Å²) in [5, 5.41) is 3.26. The topological polar surface area (TPSA) is 98.2 Å². The molecule has 7 nitrogen and oxygen atoms in total. The fourth-order valence-corrected chi connectivity index (χ4v) is 3.66. The monoisotopic (exact) mass is 399 g/mol. The molecule has 0 aliphatic heterocycles. The Labute approximate surface area is 157 Å². The number of carbonyl (C=O) groups is 3. The van der Waals surface area contributed by atoms with Gasteiger partial charge in [-0.15, -0.1) is 11.3 Å². The third-order valence-corrected chi connectivity index (χ3v) is 5.35. The molecule has 0 aliphatic carbocycles. The van der Waals surface area contributed by atoms with Crippen LogP contribution in [0.5, 0.6) is 0 Å². The quantitative estimate of drug-likeness (QED) is 0.355. The molecule has 1 N–H and O–H groups in total. The molecule has 0 atom stereocenters. The van der Waals surface area contributed by atoms with E-state index in [0.717, 1.165) is 11.3 Å². The molecule has 0 aromatic carbocycles. The predicted molar refractivity (Wildman–Crippen MR) is 97.2 cm³/mol. The van der Waals surface area contributed by atoms with E-state index in [1.807, 2.05) is 0 Å². The number of thiophene rings is 1. The van der Waals surface area contributed by atoms with Crippen molar-refractivity contribution >= 4 is 57.4 Å². The maximum atomic E-state index is 12.5. The molecular weight excluding hydrogens is 386 g/mol. The summed E-state index contributed by atoms with van der Waals surface area (Å²) in [4.78, 5) is 44.7. The van der Waals surface area contributed by atoms with Crippen molar-refractivity contribution in [2.24, 2.45) is 0 Å². The molecule has 25 heavy (non-hydrogen) atoms. The molecule has 2 aromatic rings. The minimum absolute atomic E-state index is 0.0211. The maximum absolute atomic E-state index is 12.5. The molecule has 2 rings (SSSR count). The first-order valence-electron chi connectivity index (χ1n) is 6.90. The molecule has 0 fully saturated rings. The van der Waals surface area contributed by atoms with Crippen molar-refractivity contribution in [3.63, 3.8) is 0 Å². The molecule has 0 saturated carbocycles. The lowest BCUT2D eigenvalue weighted by Gasteiger charge is -2.07. The Kier molecular flexibility index (Phi) is 6.15. The maximum Gasteiger partial charge on any atom is 0.341 e. The Morgan fingerprint density at radius 2 is 2.04 bits per heavy atom. The SMILES string of the molecule is COC(=O)c1c(NC(=O)c2nc(SC)ncc2Cl)sc(C(C)=O)c1C. The van der Waals surface area contributed by atoms with Crippen LogP contribution in [0.4, 0.5) is 5.00 Å². The van der Waals surface area contributed by atoms with Gasteiger partial charge in [-0.25, -0.2) is 14.8 Å². The molecule has 0 spiro atoms. The van der Waals surface area contributed by atoms with Gasteiger partial charge in [-0.05, 0) is 25.7 Å². The minimum Gasteiger partial charge on any atom is -0.465 e. The molecule has 10 heteroatoms. The standard InChI is InChI=1S/C15H14ClN3O4S2/c1-6-9(14(22)23-3)13(25-11(6)7(2)20)19-12(21)10-8(16)5-17-15(18-10)24-4/h5H,1-4H3,(H,19,21). The van der Waals surface area contributed by atoms with Crippen molar-refractivity contribution in [2.75, 3.05) is 18.7 Å². The number of thioether (sulfide) groups is 1. The number of nitrogens with zero attached hydrogens (tertiary/aromatic N) is 2. The molecule has 0 aliphatic rings.